The molecule has 1 rings (SSSR count). The van der Waals surface area contributed by atoms with E-state index in [0.717, 1.165) is 24.2 Å². The maximum Gasteiger partial charge on any atom is 0.243 e. The molecule has 1 unspecified atom stereocenters. The SMILES string of the molecule is CSCCC(C)N(C)S(=O)(=O)c1ccc(CCCO)cc1. The number of thioether (sulfide) groups is 1. The fourth-order valence-corrected chi connectivity index (χ4v) is 3.95. The van der Waals surface area contributed by atoms with Crippen molar-refractivity contribution < 1.29 is 13.5 Å². The molecule has 6 heteroatoms. The highest BCUT2D eigenvalue weighted by atomic mass is 32.2. The Kier molecular flexibility index (Phi) is 7.73. The van der Waals surface area contributed by atoms with Gasteiger partial charge in [-0.1, -0.05) is 12.1 Å². The summed E-state index contributed by atoms with van der Waals surface area (Å²) in [7, 11) is -1.79. The Morgan fingerprint density at radius 3 is 2.43 bits per heavy atom. The number of aryl methyl sites for hydroxylation is 1. The summed E-state index contributed by atoms with van der Waals surface area (Å²) in [6.45, 7) is 2.08. The molecule has 0 saturated heterocycles. The lowest BCUT2D eigenvalue weighted by atomic mass is 10.1. The number of aliphatic hydroxyl groups excluding tert-OH is 1. The number of sulfonamides is 1. The zero-order valence-electron chi connectivity index (χ0n) is 12.9. The smallest absolute Gasteiger partial charge is 0.243 e. The van der Waals surface area contributed by atoms with Gasteiger partial charge in [0.2, 0.25) is 10.0 Å². The van der Waals surface area contributed by atoms with Crippen LogP contribution in [0.2, 0.25) is 0 Å². The van der Waals surface area contributed by atoms with Gasteiger partial charge in [0, 0.05) is 19.7 Å². The van der Waals surface area contributed by atoms with Gasteiger partial charge in [0.1, 0.15) is 0 Å². The van der Waals surface area contributed by atoms with Crippen molar-refractivity contribution in [3.63, 3.8) is 0 Å². The van der Waals surface area contributed by atoms with Crippen LogP contribution in [0.25, 0.3) is 0 Å². The molecule has 0 saturated carbocycles. The molecule has 120 valence electrons. The number of nitrogens with zero attached hydrogens (tertiary/aromatic N) is 1. The molecule has 21 heavy (non-hydrogen) atoms. The first-order valence-electron chi connectivity index (χ1n) is 7.10. The molecule has 0 radical (unpaired) electrons. The molecule has 0 aromatic heterocycles. The first kappa shape index (κ1) is 18.5. The molecule has 1 N–H and O–H groups in total. The van der Waals surface area contributed by atoms with Crippen molar-refractivity contribution in [2.75, 3.05) is 25.7 Å². The highest BCUT2D eigenvalue weighted by molar-refractivity contribution is 7.98. The maximum atomic E-state index is 12.5. The predicted octanol–water partition coefficient (Wildman–Crippen LogP) is 2.37. The van der Waals surface area contributed by atoms with Crippen molar-refractivity contribution in [1.29, 1.82) is 0 Å². The third kappa shape index (κ3) is 5.29. The van der Waals surface area contributed by atoms with E-state index in [2.05, 4.69) is 0 Å². The second kappa shape index (κ2) is 8.78. The van der Waals surface area contributed by atoms with Crippen molar-refractivity contribution in [3.8, 4) is 0 Å². The monoisotopic (exact) mass is 331 g/mol. The summed E-state index contributed by atoms with van der Waals surface area (Å²) in [5, 5.41) is 8.81. The first-order chi connectivity index (χ1) is 9.93. The Morgan fingerprint density at radius 1 is 1.29 bits per heavy atom. The van der Waals surface area contributed by atoms with E-state index in [0.29, 0.717) is 11.3 Å². The lowest BCUT2D eigenvalue weighted by molar-refractivity contribution is 0.288. The minimum absolute atomic E-state index is 0.0171. The van der Waals surface area contributed by atoms with Crippen molar-refractivity contribution in [2.45, 2.75) is 37.1 Å². The maximum absolute atomic E-state index is 12.5. The summed E-state index contributed by atoms with van der Waals surface area (Å²) in [5.41, 5.74) is 1.04. The third-order valence-corrected chi connectivity index (χ3v) is 6.21. The molecule has 4 nitrogen and oxygen atoms in total. The predicted molar refractivity (Wildman–Crippen MR) is 89.3 cm³/mol. The summed E-state index contributed by atoms with van der Waals surface area (Å²) in [6.07, 6.45) is 4.31. The average molecular weight is 332 g/mol. The zero-order chi connectivity index (χ0) is 15.9. The largest absolute Gasteiger partial charge is 0.396 e. The summed E-state index contributed by atoms with van der Waals surface area (Å²) in [5.74, 6) is 0.946. The minimum Gasteiger partial charge on any atom is -0.396 e. The van der Waals surface area contributed by atoms with Crippen LogP contribution in [0.5, 0.6) is 0 Å². The Labute approximate surface area is 132 Å². The fraction of sp³-hybridized carbons (Fsp3) is 0.600. The molecule has 1 aromatic carbocycles. The second-order valence-corrected chi connectivity index (χ2v) is 8.11. The van der Waals surface area contributed by atoms with Crippen LogP contribution in [-0.2, 0) is 16.4 Å². The van der Waals surface area contributed by atoms with Crippen LogP contribution in [0, 0.1) is 0 Å². The molecule has 0 aliphatic rings. The Balaban J connectivity index is 2.81. The number of hydrogen-bond acceptors (Lipinski definition) is 4. The van der Waals surface area contributed by atoms with Gasteiger partial charge >= 0.3 is 0 Å². The van der Waals surface area contributed by atoms with Gasteiger partial charge in [-0.3, -0.25) is 0 Å². The number of rotatable bonds is 9. The molecule has 0 spiro atoms. The number of hydrogen-bond donors (Lipinski definition) is 1. The van der Waals surface area contributed by atoms with E-state index in [1.807, 2.05) is 25.3 Å². The van der Waals surface area contributed by atoms with Crippen LogP contribution in [0.4, 0.5) is 0 Å². The van der Waals surface area contributed by atoms with Crippen molar-refractivity contribution in [1.82, 2.24) is 4.31 Å². The Morgan fingerprint density at radius 2 is 1.90 bits per heavy atom. The summed E-state index contributed by atoms with van der Waals surface area (Å²) in [4.78, 5) is 0.328. The van der Waals surface area contributed by atoms with E-state index in [-0.39, 0.29) is 12.6 Å². The van der Waals surface area contributed by atoms with Gasteiger partial charge in [-0.2, -0.15) is 16.1 Å². The van der Waals surface area contributed by atoms with Gasteiger partial charge in [0.05, 0.1) is 4.90 Å². The van der Waals surface area contributed by atoms with Crippen molar-refractivity contribution >= 4 is 21.8 Å². The highest BCUT2D eigenvalue weighted by Gasteiger charge is 2.24. The second-order valence-electron chi connectivity index (χ2n) is 5.12. The molecule has 0 aliphatic heterocycles. The molecule has 1 atom stereocenters. The molecule has 0 amide bonds. The first-order valence-corrected chi connectivity index (χ1v) is 9.93. The molecule has 0 fully saturated rings. The van der Waals surface area contributed by atoms with Crippen LogP contribution in [-0.4, -0.2) is 49.5 Å². The normalized spacial score (nSPS) is 13.6. The summed E-state index contributed by atoms with van der Waals surface area (Å²) >= 11 is 1.72. The topological polar surface area (TPSA) is 57.6 Å². The van der Waals surface area contributed by atoms with Crippen molar-refractivity contribution in [3.05, 3.63) is 29.8 Å². The van der Waals surface area contributed by atoms with Crippen molar-refractivity contribution in [2.24, 2.45) is 0 Å². The van der Waals surface area contributed by atoms with Gasteiger partial charge in [-0.05, 0) is 55.9 Å². The van der Waals surface area contributed by atoms with Gasteiger partial charge in [-0.25, -0.2) is 8.42 Å². The molecule has 0 heterocycles. The van der Waals surface area contributed by atoms with E-state index in [1.165, 1.54) is 4.31 Å². The molecule has 0 aliphatic carbocycles. The van der Waals surface area contributed by atoms with E-state index < -0.39 is 10.0 Å². The van der Waals surface area contributed by atoms with Crippen LogP contribution in [0.3, 0.4) is 0 Å². The zero-order valence-corrected chi connectivity index (χ0v) is 14.6. The molecule has 0 bridgehead atoms. The van der Waals surface area contributed by atoms with Crippen LogP contribution in [0.1, 0.15) is 25.3 Å². The van der Waals surface area contributed by atoms with Gasteiger partial charge in [0.25, 0.3) is 0 Å². The van der Waals surface area contributed by atoms with Crippen LogP contribution < -0.4 is 0 Å². The minimum atomic E-state index is -3.43. The van der Waals surface area contributed by atoms with Gasteiger partial charge in [0.15, 0.2) is 0 Å². The highest BCUT2D eigenvalue weighted by Crippen LogP contribution is 2.19. The average Bonchev–Trinajstić information content (AvgIpc) is 2.50. The summed E-state index contributed by atoms with van der Waals surface area (Å²) < 4.78 is 26.5. The fourth-order valence-electron chi connectivity index (χ4n) is 1.98. The number of aliphatic hydroxyl groups is 1. The van der Waals surface area contributed by atoms with Crippen LogP contribution >= 0.6 is 11.8 Å². The molecular formula is C15H25NO3S2. The third-order valence-electron chi connectivity index (χ3n) is 3.58. The standard InChI is InChI=1S/C15H25NO3S2/c1-13(10-12-20-3)16(2)21(18,19)15-8-6-14(7-9-15)5-4-11-17/h6-9,13,17H,4-5,10-12H2,1-3H3. The molecule has 1 aromatic rings. The van der Waals surface area contributed by atoms with E-state index in [9.17, 15) is 8.42 Å². The molecular weight excluding hydrogens is 306 g/mol. The van der Waals surface area contributed by atoms with E-state index in [1.54, 1.807) is 30.9 Å². The summed E-state index contributed by atoms with van der Waals surface area (Å²) in [6, 6.07) is 6.93. The van der Waals surface area contributed by atoms with Gasteiger partial charge < -0.3 is 5.11 Å². The van der Waals surface area contributed by atoms with E-state index in [4.69, 9.17) is 5.11 Å². The van der Waals surface area contributed by atoms with E-state index >= 15 is 0 Å². The quantitative estimate of drug-likeness (QED) is 0.755. The Hall–Kier alpha value is -0.560. The lowest BCUT2D eigenvalue weighted by Gasteiger charge is -2.24. The van der Waals surface area contributed by atoms with Gasteiger partial charge in [-0.15, -0.1) is 0 Å². The lowest BCUT2D eigenvalue weighted by Crippen LogP contribution is -2.35. The Bertz CT molecular complexity index is 514. The number of benzene rings is 1. The van der Waals surface area contributed by atoms with Crippen LogP contribution in [0.15, 0.2) is 29.2 Å².